The largest absolute Gasteiger partial charge is 0.395 e. The predicted octanol–water partition coefficient (Wildman–Crippen LogP) is 2.17. The molecule has 2 amide bonds. The summed E-state index contributed by atoms with van der Waals surface area (Å²) < 4.78 is 2.20. The van der Waals surface area contributed by atoms with Gasteiger partial charge < -0.3 is 20.3 Å². The Morgan fingerprint density at radius 3 is 2.95 bits per heavy atom. The highest BCUT2D eigenvalue weighted by atomic mass is 16.3. The Bertz CT molecular complexity index is 563. The number of aryl methyl sites for hydroxylation is 1. The second kappa shape index (κ2) is 6.24. The zero-order valence-corrected chi connectivity index (χ0v) is 11.0. The lowest BCUT2D eigenvalue weighted by Gasteiger charge is -2.07. The van der Waals surface area contributed by atoms with Gasteiger partial charge in [0.15, 0.2) is 0 Å². The minimum Gasteiger partial charge on any atom is -0.395 e. The second-order valence-electron chi connectivity index (χ2n) is 4.39. The average molecular weight is 261 g/mol. The summed E-state index contributed by atoms with van der Waals surface area (Å²) in [6.07, 6.45) is 3.15. The van der Waals surface area contributed by atoms with Gasteiger partial charge in [0.2, 0.25) is 0 Å². The molecule has 5 nitrogen and oxygen atoms in total. The van der Waals surface area contributed by atoms with Crippen LogP contribution in [0.1, 0.15) is 13.3 Å². The number of aliphatic hydroxyl groups is 1. The molecule has 1 aromatic heterocycles. The first-order valence-corrected chi connectivity index (χ1v) is 6.49. The number of carbonyl (C=O) groups excluding carboxylic acids is 1. The van der Waals surface area contributed by atoms with Gasteiger partial charge in [-0.15, -0.1) is 0 Å². The summed E-state index contributed by atoms with van der Waals surface area (Å²) in [5, 5.41) is 15.0. The molecule has 5 heteroatoms. The van der Waals surface area contributed by atoms with E-state index < -0.39 is 0 Å². The third kappa shape index (κ3) is 3.26. The third-order valence-electron chi connectivity index (χ3n) is 2.89. The molecule has 2 rings (SSSR count). The van der Waals surface area contributed by atoms with E-state index >= 15 is 0 Å². The topological polar surface area (TPSA) is 66.3 Å². The van der Waals surface area contributed by atoms with Gasteiger partial charge in [0.25, 0.3) is 0 Å². The van der Waals surface area contributed by atoms with Gasteiger partial charge in [-0.3, -0.25) is 0 Å². The first-order valence-electron chi connectivity index (χ1n) is 6.49. The molecule has 102 valence electrons. The predicted molar refractivity (Wildman–Crippen MR) is 76.3 cm³/mol. The number of benzene rings is 1. The number of anilines is 1. The molecule has 1 heterocycles. The Labute approximate surface area is 112 Å². The SMILES string of the molecule is CCCn1ccc2cc(NC(=O)NCCO)ccc21. The molecule has 0 aliphatic heterocycles. The maximum Gasteiger partial charge on any atom is 0.319 e. The Morgan fingerprint density at radius 1 is 1.37 bits per heavy atom. The number of amides is 2. The summed E-state index contributed by atoms with van der Waals surface area (Å²) in [6, 6.07) is 7.57. The normalized spacial score (nSPS) is 10.6. The van der Waals surface area contributed by atoms with Crippen LogP contribution in [0.25, 0.3) is 10.9 Å². The molecule has 0 aliphatic carbocycles. The van der Waals surface area contributed by atoms with Crippen molar-refractivity contribution in [3.05, 3.63) is 30.5 Å². The van der Waals surface area contributed by atoms with Gasteiger partial charge in [0.05, 0.1) is 6.61 Å². The maximum atomic E-state index is 11.5. The molecule has 0 atom stereocenters. The lowest BCUT2D eigenvalue weighted by atomic mass is 10.2. The van der Waals surface area contributed by atoms with Crippen LogP contribution in [0, 0.1) is 0 Å². The number of fused-ring (bicyclic) bond motifs is 1. The van der Waals surface area contributed by atoms with Crippen molar-refractivity contribution in [1.29, 1.82) is 0 Å². The molecule has 0 unspecified atom stereocenters. The van der Waals surface area contributed by atoms with Crippen molar-refractivity contribution in [1.82, 2.24) is 9.88 Å². The van der Waals surface area contributed by atoms with Crippen LogP contribution >= 0.6 is 0 Å². The molecule has 0 saturated carbocycles. The number of nitrogens with zero attached hydrogens (tertiary/aromatic N) is 1. The summed E-state index contributed by atoms with van der Waals surface area (Å²) >= 11 is 0. The van der Waals surface area contributed by atoms with Gasteiger partial charge in [-0.25, -0.2) is 4.79 Å². The summed E-state index contributed by atoms with van der Waals surface area (Å²) in [5.41, 5.74) is 1.92. The molecule has 0 bridgehead atoms. The minimum absolute atomic E-state index is 0.0632. The van der Waals surface area contributed by atoms with E-state index in [0.717, 1.165) is 24.0 Å². The number of rotatable bonds is 5. The van der Waals surface area contributed by atoms with Gasteiger partial charge in [-0.2, -0.15) is 0 Å². The quantitative estimate of drug-likeness (QED) is 0.772. The number of urea groups is 1. The molecule has 0 saturated heterocycles. The Morgan fingerprint density at radius 2 is 2.21 bits per heavy atom. The molecule has 3 N–H and O–H groups in total. The summed E-state index contributed by atoms with van der Waals surface area (Å²) in [7, 11) is 0. The van der Waals surface area contributed by atoms with E-state index in [1.165, 1.54) is 5.52 Å². The molecule has 19 heavy (non-hydrogen) atoms. The number of nitrogens with one attached hydrogen (secondary N) is 2. The summed E-state index contributed by atoms with van der Waals surface area (Å²) in [6.45, 7) is 3.33. The van der Waals surface area contributed by atoms with Crippen LogP contribution in [0.3, 0.4) is 0 Å². The van der Waals surface area contributed by atoms with E-state index in [2.05, 4.69) is 28.3 Å². The van der Waals surface area contributed by atoms with Crippen molar-refractivity contribution in [3.63, 3.8) is 0 Å². The third-order valence-corrected chi connectivity index (χ3v) is 2.89. The smallest absolute Gasteiger partial charge is 0.319 e. The monoisotopic (exact) mass is 261 g/mol. The van der Waals surface area contributed by atoms with E-state index in [1.807, 2.05) is 24.3 Å². The molecule has 0 spiro atoms. The van der Waals surface area contributed by atoms with Crippen molar-refractivity contribution in [3.8, 4) is 0 Å². The fourth-order valence-corrected chi connectivity index (χ4v) is 2.06. The van der Waals surface area contributed by atoms with E-state index in [1.54, 1.807) is 0 Å². The van der Waals surface area contributed by atoms with Crippen LogP contribution in [0.5, 0.6) is 0 Å². The van der Waals surface area contributed by atoms with E-state index in [0.29, 0.717) is 0 Å². The van der Waals surface area contributed by atoms with Crippen LogP contribution in [-0.4, -0.2) is 28.9 Å². The van der Waals surface area contributed by atoms with Crippen molar-refractivity contribution in [2.75, 3.05) is 18.5 Å². The minimum atomic E-state index is -0.304. The highest BCUT2D eigenvalue weighted by Gasteiger charge is 2.04. The van der Waals surface area contributed by atoms with Gasteiger partial charge in [0, 0.05) is 35.9 Å². The van der Waals surface area contributed by atoms with Gasteiger partial charge in [-0.1, -0.05) is 6.92 Å². The number of aromatic nitrogens is 1. The fourth-order valence-electron chi connectivity index (χ4n) is 2.06. The number of aliphatic hydroxyl groups excluding tert-OH is 1. The van der Waals surface area contributed by atoms with Crippen molar-refractivity contribution >= 4 is 22.6 Å². The molecule has 0 aliphatic rings. The van der Waals surface area contributed by atoms with Crippen molar-refractivity contribution in [2.24, 2.45) is 0 Å². The maximum absolute atomic E-state index is 11.5. The van der Waals surface area contributed by atoms with E-state index in [9.17, 15) is 4.79 Å². The number of hydrogen-bond donors (Lipinski definition) is 3. The van der Waals surface area contributed by atoms with Gasteiger partial charge >= 0.3 is 6.03 Å². The first-order chi connectivity index (χ1) is 9.24. The Hall–Kier alpha value is -2.01. The number of hydrogen-bond acceptors (Lipinski definition) is 2. The lowest BCUT2D eigenvalue weighted by molar-refractivity contribution is 0.245. The van der Waals surface area contributed by atoms with Crippen LogP contribution in [0.2, 0.25) is 0 Å². The zero-order valence-electron chi connectivity index (χ0n) is 11.0. The molecule has 0 fully saturated rings. The highest BCUT2D eigenvalue weighted by Crippen LogP contribution is 2.20. The highest BCUT2D eigenvalue weighted by molar-refractivity contribution is 5.92. The molecule has 0 radical (unpaired) electrons. The van der Waals surface area contributed by atoms with Crippen molar-refractivity contribution in [2.45, 2.75) is 19.9 Å². The molecular weight excluding hydrogens is 242 g/mol. The van der Waals surface area contributed by atoms with Crippen LogP contribution in [-0.2, 0) is 6.54 Å². The van der Waals surface area contributed by atoms with Crippen LogP contribution in [0.4, 0.5) is 10.5 Å². The Balaban J connectivity index is 2.11. The lowest BCUT2D eigenvalue weighted by Crippen LogP contribution is -2.30. The second-order valence-corrected chi connectivity index (χ2v) is 4.39. The molecular formula is C14H19N3O2. The Kier molecular flexibility index (Phi) is 4.41. The summed E-state index contributed by atoms with van der Waals surface area (Å²) in [5.74, 6) is 0. The number of carbonyl (C=O) groups is 1. The average Bonchev–Trinajstić information content (AvgIpc) is 2.79. The van der Waals surface area contributed by atoms with Gasteiger partial charge in [0.1, 0.15) is 0 Å². The van der Waals surface area contributed by atoms with E-state index in [-0.39, 0.29) is 19.2 Å². The molecule has 1 aromatic carbocycles. The standard InChI is InChI=1S/C14H19N3O2/c1-2-7-17-8-5-11-10-12(3-4-13(11)17)16-14(19)15-6-9-18/h3-5,8,10,18H,2,6-7,9H2,1H3,(H2,15,16,19). The summed E-state index contributed by atoms with van der Waals surface area (Å²) in [4.78, 5) is 11.5. The van der Waals surface area contributed by atoms with E-state index in [4.69, 9.17) is 5.11 Å². The van der Waals surface area contributed by atoms with Crippen LogP contribution in [0.15, 0.2) is 30.5 Å². The van der Waals surface area contributed by atoms with Crippen molar-refractivity contribution < 1.29 is 9.90 Å². The zero-order chi connectivity index (χ0) is 13.7. The molecule has 2 aromatic rings. The fraction of sp³-hybridized carbons (Fsp3) is 0.357. The first kappa shape index (κ1) is 13.4. The van der Waals surface area contributed by atoms with Crippen LogP contribution < -0.4 is 10.6 Å². The van der Waals surface area contributed by atoms with Gasteiger partial charge in [-0.05, 0) is 30.7 Å².